The summed E-state index contributed by atoms with van der Waals surface area (Å²) in [6.07, 6.45) is 1.67. The highest BCUT2D eigenvalue weighted by Gasteiger charge is 2.69. The van der Waals surface area contributed by atoms with Crippen LogP contribution in [0.1, 0.15) is 33.6 Å². The Hall–Kier alpha value is -1.39. The second-order valence-corrected chi connectivity index (χ2v) is 6.61. The fraction of sp³-hybridized carbons (Fsp3) is 0.800. The van der Waals surface area contributed by atoms with E-state index in [1.807, 2.05) is 20.8 Å². The number of esters is 2. The summed E-state index contributed by atoms with van der Waals surface area (Å²) in [4.78, 5) is 36.7. The molecule has 5 nitrogen and oxygen atoms in total. The van der Waals surface area contributed by atoms with Gasteiger partial charge in [-0.2, -0.15) is 0 Å². The number of ketones is 1. The molecule has 3 atom stereocenters. The molecule has 0 aromatic heterocycles. The molecule has 0 aliphatic heterocycles. The Morgan fingerprint density at radius 3 is 2.00 bits per heavy atom. The first-order valence-corrected chi connectivity index (χ1v) is 6.92. The molecule has 0 saturated heterocycles. The number of carbonyl (C=O) groups is 3. The van der Waals surface area contributed by atoms with Gasteiger partial charge in [0.25, 0.3) is 0 Å². The molecule has 0 aromatic rings. The van der Waals surface area contributed by atoms with Crippen LogP contribution in [0, 0.1) is 28.6 Å². The van der Waals surface area contributed by atoms with Gasteiger partial charge in [-0.3, -0.25) is 14.4 Å². The number of fused-ring (bicyclic) bond motifs is 2. The number of methoxy groups -OCH3 is 2. The number of carbonyl (C=O) groups excluding carboxylic acids is 3. The SMILES string of the molecule is COC(=O)C(C(=O)OC)C1C(=O)C2(C)CCC1C2(C)C. The minimum atomic E-state index is -1.14. The van der Waals surface area contributed by atoms with Gasteiger partial charge in [-0.25, -0.2) is 0 Å². The van der Waals surface area contributed by atoms with E-state index >= 15 is 0 Å². The molecule has 2 rings (SSSR count). The molecule has 0 spiro atoms. The van der Waals surface area contributed by atoms with Crippen molar-refractivity contribution in [3.8, 4) is 0 Å². The van der Waals surface area contributed by atoms with Crippen molar-refractivity contribution in [2.75, 3.05) is 14.2 Å². The van der Waals surface area contributed by atoms with Gasteiger partial charge in [0.2, 0.25) is 0 Å². The number of rotatable bonds is 3. The zero-order valence-corrected chi connectivity index (χ0v) is 12.7. The van der Waals surface area contributed by atoms with Crippen molar-refractivity contribution in [3.05, 3.63) is 0 Å². The van der Waals surface area contributed by atoms with Gasteiger partial charge < -0.3 is 9.47 Å². The summed E-state index contributed by atoms with van der Waals surface area (Å²) in [5.41, 5.74) is -0.683. The average molecular weight is 282 g/mol. The zero-order chi connectivity index (χ0) is 15.3. The second kappa shape index (κ2) is 4.57. The van der Waals surface area contributed by atoms with Crippen LogP contribution in [-0.4, -0.2) is 31.9 Å². The maximum atomic E-state index is 12.8. The fourth-order valence-electron chi connectivity index (χ4n) is 4.18. The average Bonchev–Trinajstić information content (AvgIpc) is 2.72. The standard InChI is InChI=1S/C15H22O5/c1-14(2)8-6-7-15(14,3)11(16)9(8)10(12(17)19-4)13(18)20-5/h8-10H,6-7H2,1-5H3. The molecular weight excluding hydrogens is 260 g/mol. The largest absolute Gasteiger partial charge is 0.468 e. The highest BCUT2D eigenvalue weighted by atomic mass is 16.5. The molecule has 0 radical (unpaired) electrons. The van der Waals surface area contributed by atoms with E-state index in [9.17, 15) is 14.4 Å². The minimum absolute atomic E-state index is 0.000417. The Morgan fingerprint density at radius 2 is 1.65 bits per heavy atom. The molecular formula is C15H22O5. The van der Waals surface area contributed by atoms with Gasteiger partial charge >= 0.3 is 11.9 Å². The van der Waals surface area contributed by atoms with E-state index in [4.69, 9.17) is 9.47 Å². The fourth-order valence-corrected chi connectivity index (χ4v) is 4.18. The number of hydrogen-bond donors (Lipinski definition) is 0. The predicted molar refractivity (Wildman–Crippen MR) is 70.6 cm³/mol. The smallest absolute Gasteiger partial charge is 0.320 e. The Kier molecular flexibility index (Phi) is 3.43. The van der Waals surface area contributed by atoms with Gasteiger partial charge in [-0.1, -0.05) is 20.8 Å². The number of hydrogen-bond acceptors (Lipinski definition) is 5. The molecule has 0 heterocycles. The van der Waals surface area contributed by atoms with Crippen LogP contribution in [0.2, 0.25) is 0 Å². The molecule has 2 fully saturated rings. The van der Waals surface area contributed by atoms with Crippen LogP contribution in [0.15, 0.2) is 0 Å². The van der Waals surface area contributed by atoms with E-state index in [1.165, 1.54) is 14.2 Å². The van der Waals surface area contributed by atoms with E-state index in [1.54, 1.807) is 0 Å². The molecule has 2 saturated carbocycles. The van der Waals surface area contributed by atoms with Crippen LogP contribution in [0.5, 0.6) is 0 Å². The third-order valence-electron chi connectivity index (χ3n) is 5.85. The van der Waals surface area contributed by atoms with E-state index in [0.717, 1.165) is 12.8 Å². The molecule has 20 heavy (non-hydrogen) atoms. The summed E-state index contributed by atoms with van der Waals surface area (Å²) < 4.78 is 9.43. The Morgan fingerprint density at radius 1 is 1.15 bits per heavy atom. The van der Waals surface area contributed by atoms with Crippen LogP contribution < -0.4 is 0 Å². The number of Topliss-reactive ketones (excluding diaryl/α,β-unsaturated/α-hetero) is 1. The summed E-state index contributed by atoms with van der Waals surface area (Å²) in [5.74, 6) is -3.10. The van der Waals surface area contributed by atoms with Gasteiger partial charge in [0.15, 0.2) is 5.92 Å². The van der Waals surface area contributed by atoms with Crippen molar-refractivity contribution >= 4 is 17.7 Å². The van der Waals surface area contributed by atoms with E-state index < -0.39 is 29.2 Å². The lowest BCUT2D eigenvalue weighted by atomic mass is 9.70. The van der Waals surface area contributed by atoms with Crippen LogP contribution in [0.3, 0.4) is 0 Å². The molecule has 2 aliphatic carbocycles. The topological polar surface area (TPSA) is 69.7 Å². The minimum Gasteiger partial charge on any atom is -0.468 e. The maximum absolute atomic E-state index is 12.8. The molecule has 0 N–H and O–H groups in total. The van der Waals surface area contributed by atoms with E-state index in [-0.39, 0.29) is 17.1 Å². The summed E-state index contributed by atoms with van der Waals surface area (Å²) in [7, 11) is 2.45. The third-order valence-corrected chi connectivity index (χ3v) is 5.85. The molecule has 112 valence electrons. The van der Waals surface area contributed by atoms with Crippen molar-refractivity contribution in [2.24, 2.45) is 28.6 Å². The number of ether oxygens (including phenoxy) is 2. The second-order valence-electron chi connectivity index (χ2n) is 6.61. The summed E-state index contributed by atoms with van der Waals surface area (Å²) in [5, 5.41) is 0. The first kappa shape index (κ1) is 15.0. The van der Waals surface area contributed by atoms with Gasteiger partial charge in [-0.15, -0.1) is 0 Å². The van der Waals surface area contributed by atoms with Crippen LogP contribution in [-0.2, 0) is 23.9 Å². The van der Waals surface area contributed by atoms with Crippen molar-refractivity contribution in [3.63, 3.8) is 0 Å². The summed E-state index contributed by atoms with van der Waals surface area (Å²) in [6.45, 7) is 6.04. The van der Waals surface area contributed by atoms with Crippen molar-refractivity contribution in [2.45, 2.75) is 33.6 Å². The highest BCUT2D eigenvalue weighted by molar-refractivity contribution is 6.03. The van der Waals surface area contributed by atoms with Crippen molar-refractivity contribution < 1.29 is 23.9 Å². The molecule has 0 amide bonds. The van der Waals surface area contributed by atoms with Gasteiger partial charge in [0.1, 0.15) is 5.78 Å². The maximum Gasteiger partial charge on any atom is 0.320 e. The van der Waals surface area contributed by atoms with Gasteiger partial charge in [0.05, 0.1) is 14.2 Å². The summed E-state index contributed by atoms with van der Waals surface area (Å²) >= 11 is 0. The quantitative estimate of drug-likeness (QED) is 0.581. The van der Waals surface area contributed by atoms with E-state index in [2.05, 4.69) is 0 Å². The lowest BCUT2D eigenvalue weighted by Gasteiger charge is -2.32. The Bertz CT molecular complexity index is 451. The highest BCUT2D eigenvalue weighted by Crippen LogP contribution is 2.67. The normalized spacial score (nSPS) is 34.4. The third kappa shape index (κ3) is 1.64. The Labute approximate surface area is 119 Å². The summed E-state index contributed by atoms with van der Waals surface area (Å²) in [6, 6.07) is 0. The molecule has 0 aromatic carbocycles. The van der Waals surface area contributed by atoms with E-state index in [0.29, 0.717) is 0 Å². The molecule has 2 aliphatic rings. The lowest BCUT2D eigenvalue weighted by molar-refractivity contribution is -0.165. The van der Waals surface area contributed by atoms with Gasteiger partial charge in [0, 0.05) is 11.3 Å². The first-order valence-electron chi connectivity index (χ1n) is 6.92. The predicted octanol–water partition coefficient (Wildman–Crippen LogP) is 1.59. The zero-order valence-electron chi connectivity index (χ0n) is 12.7. The molecule has 2 bridgehead atoms. The first-order chi connectivity index (χ1) is 9.22. The monoisotopic (exact) mass is 282 g/mol. The Balaban J connectivity index is 2.44. The molecule has 3 unspecified atom stereocenters. The van der Waals surface area contributed by atoms with Gasteiger partial charge in [-0.05, 0) is 24.2 Å². The van der Waals surface area contributed by atoms with Crippen LogP contribution in [0.4, 0.5) is 0 Å². The van der Waals surface area contributed by atoms with Crippen LogP contribution >= 0.6 is 0 Å². The van der Waals surface area contributed by atoms with Crippen molar-refractivity contribution in [1.82, 2.24) is 0 Å². The lowest BCUT2D eigenvalue weighted by Crippen LogP contribution is -2.42. The van der Waals surface area contributed by atoms with Crippen LogP contribution in [0.25, 0.3) is 0 Å². The van der Waals surface area contributed by atoms with Crippen molar-refractivity contribution in [1.29, 1.82) is 0 Å². The molecule has 5 heteroatoms.